The molecule has 1 aliphatic carbocycles. The van der Waals surface area contributed by atoms with E-state index in [-0.39, 0.29) is 16.8 Å². The fourth-order valence-corrected chi connectivity index (χ4v) is 4.88. The molecule has 4 heterocycles. The summed E-state index contributed by atoms with van der Waals surface area (Å²) in [7, 11) is 0. The maximum atomic E-state index is 15.1. The largest absolute Gasteiger partial charge is 0.328 e. The second-order valence-electron chi connectivity index (χ2n) is 7.49. The van der Waals surface area contributed by atoms with E-state index in [4.69, 9.17) is 0 Å². The van der Waals surface area contributed by atoms with E-state index in [1.807, 2.05) is 45.8 Å². The summed E-state index contributed by atoms with van der Waals surface area (Å²) in [6, 6.07) is 10.6. The van der Waals surface area contributed by atoms with Crippen LogP contribution in [0.3, 0.4) is 0 Å². The molecule has 0 unspecified atom stereocenters. The Morgan fingerprint density at radius 3 is 2.63 bits per heavy atom. The zero-order valence-electron chi connectivity index (χ0n) is 15.6. The second kappa shape index (κ2) is 6.24. The molecule has 6 nitrogen and oxygen atoms in total. The highest BCUT2D eigenvalue weighted by atomic mass is 32.1. The van der Waals surface area contributed by atoms with E-state index < -0.39 is 16.8 Å². The van der Waals surface area contributed by atoms with Crippen LogP contribution in [0.5, 0.6) is 0 Å². The summed E-state index contributed by atoms with van der Waals surface area (Å²) in [6.45, 7) is 0. The lowest BCUT2D eigenvalue weighted by molar-refractivity contribution is 0.632. The van der Waals surface area contributed by atoms with Crippen molar-refractivity contribution < 1.29 is 4.39 Å². The van der Waals surface area contributed by atoms with Crippen molar-refractivity contribution >= 4 is 32.7 Å². The van der Waals surface area contributed by atoms with Crippen LogP contribution in [0.2, 0.25) is 0 Å². The van der Waals surface area contributed by atoms with Crippen molar-refractivity contribution in [3.05, 3.63) is 81.4 Å². The third-order valence-corrected chi connectivity index (χ3v) is 6.44. The Hall–Kier alpha value is -3.52. The molecule has 5 aromatic rings. The topological polar surface area (TPSA) is 72.7 Å². The fourth-order valence-electron chi connectivity index (χ4n) is 3.95. The Morgan fingerprint density at radius 1 is 1.13 bits per heavy atom. The molecule has 1 N–H and O–H groups in total. The number of H-pyrrole nitrogens is 1. The number of pyridine rings is 2. The fraction of sp³-hybridized carbons (Fsp3) is 0.136. The number of aromatic nitrogens is 4. The molecule has 148 valence electrons. The van der Waals surface area contributed by atoms with Crippen molar-refractivity contribution in [1.82, 2.24) is 18.5 Å². The molecule has 1 saturated carbocycles. The SMILES string of the molecule is O=c1[nH]sc2c1c(=O)c1cc(F)c(-c3ccc(-n4cccc4)nc3)cc1n2C1CC1. The molecular formula is C22H15FN4O2S. The molecule has 0 amide bonds. The van der Waals surface area contributed by atoms with E-state index in [1.165, 1.54) is 6.07 Å². The highest BCUT2D eigenvalue weighted by molar-refractivity contribution is 7.12. The van der Waals surface area contributed by atoms with Gasteiger partial charge in [-0.25, -0.2) is 9.37 Å². The highest BCUT2D eigenvalue weighted by Crippen LogP contribution is 2.40. The normalized spacial score (nSPS) is 14.0. The molecule has 0 bridgehead atoms. The zero-order chi connectivity index (χ0) is 20.4. The number of nitrogens with one attached hydrogen (secondary N) is 1. The number of fused-ring (bicyclic) bond motifs is 2. The van der Waals surface area contributed by atoms with Crippen LogP contribution in [0.15, 0.2) is 64.6 Å². The molecule has 1 fully saturated rings. The lowest BCUT2D eigenvalue weighted by Crippen LogP contribution is -2.15. The van der Waals surface area contributed by atoms with E-state index in [2.05, 4.69) is 9.36 Å². The van der Waals surface area contributed by atoms with Crippen LogP contribution in [0.4, 0.5) is 4.39 Å². The number of halogens is 1. The minimum Gasteiger partial charge on any atom is -0.328 e. The number of rotatable bonds is 3. The number of nitrogens with zero attached hydrogens (tertiary/aromatic N) is 3. The standard InChI is InChI=1S/C22H15FN4O2S/c23-16-9-15-17(27(13-4-5-13)22-19(20(15)28)21(29)25-30-22)10-14(16)12-3-6-18(24-11-12)26-7-1-2-8-26/h1-3,6-11,13H,4-5H2,(H,25,29). The van der Waals surface area contributed by atoms with Crippen molar-refractivity contribution in [3.8, 4) is 16.9 Å². The van der Waals surface area contributed by atoms with Gasteiger partial charge in [-0.15, -0.1) is 0 Å². The van der Waals surface area contributed by atoms with E-state index in [0.717, 1.165) is 30.2 Å². The number of hydrogen-bond acceptors (Lipinski definition) is 4. The van der Waals surface area contributed by atoms with Gasteiger partial charge in [-0.05, 0) is 60.8 Å². The molecule has 0 aliphatic heterocycles. The van der Waals surface area contributed by atoms with Crippen molar-refractivity contribution in [1.29, 1.82) is 0 Å². The van der Waals surface area contributed by atoms with Crippen LogP contribution in [0.25, 0.3) is 38.1 Å². The third kappa shape index (κ3) is 2.50. The lowest BCUT2D eigenvalue weighted by Gasteiger charge is -2.13. The molecule has 0 atom stereocenters. The molecule has 1 aliphatic rings. The van der Waals surface area contributed by atoms with Crippen LogP contribution < -0.4 is 11.0 Å². The molecular weight excluding hydrogens is 403 g/mol. The van der Waals surface area contributed by atoms with Gasteiger partial charge in [-0.2, -0.15) is 0 Å². The van der Waals surface area contributed by atoms with Crippen LogP contribution in [0, 0.1) is 5.82 Å². The molecule has 1 aromatic carbocycles. The average Bonchev–Trinajstić information content (AvgIpc) is 3.28. The molecule has 8 heteroatoms. The molecule has 6 rings (SSSR count). The summed E-state index contributed by atoms with van der Waals surface area (Å²) in [6.07, 6.45) is 7.35. The molecule has 0 saturated heterocycles. The van der Waals surface area contributed by atoms with Gasteiger partial charge in [-0.1, -0.05) is 0 Å². The second-order valence-corrected chi connectivity index (χ2v) is 8.28. The van der Waals surface area contributed by atoms with Crippen LogP contribution in [-0.2, 0) is 0 Å². The van der Waals surface area contributed by atoms with Crippen molar-refractivity contribution in [2.45, 2.75) is 18.9 Å². The van der Waals surface area contributed by atoms with Gasteiger partial charge in [0, 0.05) is 41.1 Å². The van der Waals surface area contributed by atoms with Gasteiger partial charge in [0.2, 0.25) is 5.43 Å². The molecule has 0 spiro atoms. The smallest absolute Gasteiger partial charge is 0.271 e. The van der Waals surface area contributed by atoms with Gasteiger partial charge in [-0.3, -0.25) is 14.0 Å². The van der Waals surface area contributed by atoms with Gasteiger partial charge >= 0.3 is 0 Å². The van der Waals surface area contributed by atoms with Crippen molar-refractivity contribution in [3.63, 3.8) is 0 Å². The van der Waals surface area contributed by atoms with Gasteiger partial charge < -0.3 is 9.13 Å². The van der Waals surface area contributed by atoms with E-state index in [1.54, 1.807) is 12.3 Å². The minimum absolute atomic E-state index is 0.115. The Kier molecular flexibility index (Phi) is 3.61. The first-order valence-corrected chi connectivity index (χ1v) is 10.4. The first-order valence-electron chi connectivity index (χ1n) is 9.60. The Labute approximate surface area is 173 Å². The minimum atomic E-state index is -0.511. The predicted octanol–water partition coefficient (Wildman–Crippen LogP) is 4.23. The summed E-state index contributed by atoms with van der Waals surface area (Å²) in [5.74, 6) is 0.224. The first kappa shape index (κ1) is 17.3. The number of aromatic amines is 1. The Morgan fingerprint density at radius 2 is 1.93 bits per heavy atom. The zero-order valence-corrected chi connectivity index (χ0v) is 16.4. The number of hydrogen-bond donors (Lipinski definition) is 1. The maximum Gasteiger partial charge on any atom is 0.271 e. The van der Waals surface area contributed by atoms with Crippen LogP contribution >= 0.6 is 11.5 Å². The Bertz CT molecular complexity index is 1540. The van der Waals surface area contributed by atoms with E-state index in [0.29, 0.717) is 21.5 Å². The van der Waals surface area contributed by atoms with Gasteiger partial charge in [0.05, 0.1) is 5.52 Å². The lowest BCUT2D eigenvalue weighted by atomic mass is 10.0. The summed E-state index contributed by atoms with van der Waals surface area (Å²) in [4.78, 5) is 30.2. The molecule has 30 heavy (non-hydrogen) atoms. The predicted molar refractivity (Wildman–Crippen MR) is 115 cm³/mol. The van der Waals surface area contributed by atoms with E-state index in [9.17, 15) is 9.59 Å². The molecule has 4 aromatic heterocycles. The maximum absolute atomic E-state index is 15.1. The highest BCUT2D eigenvalue weighted by Gasteiger charge is 2.29. The number of benzene rings is 1. The first-order chi connectivity index (χ1) is 14.6. The quantitative estimate of drug-likeness (QED) is 0.477. The van der Waals surface area contributed by atoms with Gasteiger partial charge in [0.1, 0.15) is 21.9 Å². The van der Waals surface area contributed by atoms with Gasteiger partial charge in [0.15, 0.2) is 0 Å². The summed E-state index contributed by atoms with van der Waals surface area (Å²) in [5.41, 5.74) is 0.820. The van der Waals surface area contributed by atoms with Crippen molar-refractivity contribution in [2.24, 2.45) is 0 Å². The average molecular weight is 418 g/mol. The molecule has 0 radical (unpaired) electrons. The Balaban J connectivity index is 1.60. The van der Waals surface area contributed by atoms with Crippen LogP contribution in [0.1, 0.15) is 18.9 Å². The summed E-state index contributed by atoms with van der Waals surface area (Å²) in [5, 5.41) is 0.348. The van der Waals surface area contributed by atoms with Crippen molar-refractivity contribution in [2.75, 3.05) is 0 Å². The summed E-state index contributed by atoms with van der Waals surface area (Å²) >= 11 is 1.16. The van der Waals surface area contributed by atoms with Gasteiger partial charge in [0.25, 0.3) is 5.56 Å². The third-order valence-electron chi connectivity index (χ3n) is 5.56. The monoisotopic (exact) mass is 418 g/mol. The summed E-state index contributed by atoms with van der Waals surface area (Å²) < 4.78 is 21.6. The van der Waals surface area contributed by atoms with Crippen LogP contribution in [-0.4, -0.2) is 18.5 Å². The van der Waals surface area contributed by atoms with E-state index >= 15 is 4.39 Å².